The van der Waals surface area contributed by atoms with Crippen molar-refractivity contribution in [1.29, 1.82) is 0 Å². The minimum absolute atomic E-state index is 0.247. The third-order valence-electron chi connectivity index (χ3n) is 20.4. The summed E-state index contributed by atoms with van der Waals surface area (Å²) in [7, 11) is 0. The molecule has 2 aliphatic rings. The van der Waals surface area contributed by atoms with Gasteiger partial charge in [0.1, 0.15) is 48.8 Å². The van der Waals surface area contributed by atoms with E-state index in [0.717, 1.165) is 51.4 Å². The predicted octanol–water partition coefficient (Wildman–Crippen LogP) is 19.5. The zero-order chi connectivity index (χ0) is 71.5. The molecule has 0 aromatic carbocycles. The minimum atomic E-state index is -1.80. The first kappa shape index (κ1) is 92.8. The van der Waals surface area contributed by atoms with Gasteiger partial charge >= 0.3 is 0 Å². The molecule has 9 N–H and O–H groups in total. The van der Waals surface area contributed by atoms with Crippen LogP contribution in [0.4, 0.5) is 0 Å². The number of rotatable bonds is 71. The second kappa shape index (κ2) is 68.8. The third-order valence-corrected chi connectivity index (χ3v) is 20.4. The van der Waals surface area contributed by atoms with E-state index in [2.05, 4.69) is 67.8 Å². The van der Waals surface area contributed by atoms with Gasteiger partial charge in [0.2, 0.25) is 5.91 Å². The lowest BCUT2D eigenvalue weighted by Crippen LogP contribution is -2.65. The van der Waals surface area contributed by atoms with Crippen LogP contribution in [0.1, 0.15) is 380 Å². The summed E-state index contributed by atoms with van der Waals surface area (Å²) in [5, 5.41) is 87.7. The molecule has 99 heavy (non-hydrogen) atoms. The zero-order valence-corrected chi connectivity index (χ0v) is 63.7. The van der Waals surface area contributed by atoms with Gasteiger partial charge in [-0.25, -0.2) is 0 Å². The SMILES string of the molecule is CCCCCCC/C=C\C/C=C\CCCCCCCCCCCCCCCCCCCCCCCC(=O)NC(COC1OC(CO)C(OC2OC(CO)C(O)C(O)C2O)C(O)C1O)C(O)/C=C/CC/C=C/CC/C=C/CCCCCCCCCCCCCCCCCCCCCCCC. The molecule has 0 radical (unpaired) electrons. The number of unbranched alkanes of at least 4 members (excludes halogenated alkanes) is 50. The summed E-state index contributed by atoms with van der Waals surface area (Å²) in [6.45, 7) is 2.82. The van der Waals surface area contributed by atoms with Crippen molar-refractivity contribution in [3.63, 3.8) is 0 Å². The Bertz CT molecular complexity index is 1900. The molecule has 2 fully saturated rings. The van der Waals surface area contributed by atoms with E-state index in [1.807, 2.05) is 6.08 Å². The number of allylic oxidation sites excluding steroid dienone is 9. The molecule has 0 spiro atoms. The van der Waals surface area contributed by atoms with E-state index in [1.54, 1.807) is 6.08 Å². The number of hydrogen-bond donors (Lipinski definition) is 9. The number of carbonyl (C=O) groups is 1. The Morgan fingerprint density at radius 2 is 0.677 bits per heavy atom. The summed E-state index contributed by atoms with van der Waals surface area (Å²) in [5.74, 6) is -0.247. The fourth-order valence-electron chi connectivity index (χ4n) is 13.8. The average Bonchev–Trinajstić information content (AvgIpc) is 0.793. The van der Waals surface area contributed by atoms with Crippen molar-refractivity contribution in [1.82, 2.24) is 5.32 Å². The molecule has 2 rings (SSSR count). The summed E-state index contributed by atoms with van der Waals surface area (Å²) in [5.41, 5.74) is 0. The van der Waals surface area contributed by atoms with Gasteiger partial charge in [-0.1, -0.05) is 357 Å². The fraction of sp³-hybridized carbons (Fsp3) is 0.871. The number of hydrogen-bond acceptors (Lipinski definition) is 13. The highest BCUT2D eigenvalue weighted by Gasteiger charge is 2.51. The van der Waals surface area contributed by atoms with E-state index in [1.165, 1.54) is 295 Å². The van der Waals surface area contributed by atoms with Crippen LogP contribution in [0.5, 0.6) is 0 Å². The van der Waals surface area contributed by atoms with Gasteiger partial charge in [-0.15, -0.1) is 0 Å². The molecule has 2 saturated heterocycles. The normalized spacial score (nSPS) is 22.2. The summed E-state index contributed by atoms with van der Waals surface area (Å²) in [4.78, 5) is 13.4. The number of ether oxygens (including phenoxy) is 4. The van der Waals surface area contributed by atoms with Crippen molar-refractivity contribution >= 4 is 5.91 Å². The molecular weight excluding hydrogens is 1240 g/mol. The highest BCUT2D eigenvalue weighted by Crippen LogP contribution is 2.30. The van der Waals surface area contributed by atoms with Crippen LogP contribution in [0, 0.1) is 0 Å². The van der Waals surface area contributed by atoms with E-state index >= 15 is 0 Å². The largest absolute Gasteiger partial charge is 0.394 e. The summed E-state index contributed by atoms with van der Waals surface area (Å²) in [6, 6.07) is -0.941. The second-order valence-electron chi connectivity index (χ2n) is 29.6. The Balaban J connectivity index is 1.62. The maximum atomic E-state index is 13.4. The van der Waals surface area contributed by atoms with Gasteiger partial charge in [-0.3, -0.25) is 4.79 Å². The third kappa shape index (κ3) is 51.5. The molecule has 0 saturated carbocycles. The molecular formula is C85H157NO13. The first-order valence-electron chi connectivity index (χ1n) is 42.0. The molecule has 0 aromatic heterocycles. The summed E-state index contributed by atoms with van der Waals surface area (Å²) < 4.78 is 22.9. The molecule has 0 bridgehead atoms. The lowest BCUT2D eigenvalue weighted by Gasteiger charge is -2.46. The van der Waals surface area contributed by atoms with E-state index in [4.69, 9.17) is 18.9 Å². The maximum Gasteiger partial charge on any atom is 0.220 e. The Kier molecular flexibility index (Phi) is 64.5. The molecule has 1 amide bonds. The average molecular weight is 1400 g/mol. The van der Waals surface area contributed by atoms with Crippen LogP contribution in [0.3, 0.4) is 0 Å². The van der Waals surface area contributed by atoms with Crippen LogP contribution in [-0.4, -0.2) is 140 Å². The molecule has 0 aliphatic carbocycles. The molecule has 14 nitrogen and oxygen atoms in total. The Hall–Kier alpha value is -2.31. The van der Waals surface area contributed by atoms with E-state index in [0.29, 0.717) is 12.8 Å². The van der Waals surface area contributed by atoms with Gasteiger partial charge in [-0.05, 0) is 77.0 Å². The lowest BCUT2D eigenvalue weighted by molar-refractivity contribution is -0.359. The van der Waals surface area contributed by atoms with Crippen molar-refractivity contribution < 1.29 is 64.6 Å². The molecule has 2 heterocycles. The smallest absolute Gasteiger partial charge is 0.220 e. The van der Waals surface area contributed by atoms with Gasteiger partial charge < -0.3 is 65.1 Å². The molecule has 12 unspecified atom stereocenters. The second-order valence-corrected chi connectivity index (χ2v) is 29.6. The fourth-order valence-corrected chi connectivity index (χ4v) is 13.8. The highest BCUT2D eigenvalue weighted by atomic mass is 16.7. The van der Waals surface area contributed by atoms with Crippen molar-refractivity contribution in [3.8, 4) is 0 Å². The molecule has 12 atom stereocenters. The Labute approximate surface area is 606 Å². The van der Waals surface area contributed by atoms with Crippen molar-refractivity contribution in [2.24, 2.45) is 0 Å². The van der Waals surface area contributed by atoms with Gasteiger partial charge in [0, 0.05) is 6.42 Å². The summed E-state index contributed by atoms with van der Waals surface area (Å²) >= 11 is 0. The minimum Gasteiger partial charge on any atom is -0.394 e. The number of nitrogens with one attached hydrogen (secondary N) is 1. The molecule has 0 aromatic rings. The number of amides is 1. The topological polar surface area (TPSA) is 228 Å². The van der Waals surface area contributed by atoms with Crippen molar-refractivity contribution in [2.45, 2.75) is 453 Å². The number of aliphatic hydroxyl groups is 8. The van der Waals surface area contributed by atoms with Crippen molar-refractivity contribution in [2.75, 3.05) is 19.8 Å². The number of carbonyl (C=O) groups excluding carboxylic acids is 1. The Morgan fingerprint density at radius 3 is 1.05 bits per heavy atom. The van der Waals surface area contributed by atoms with Gasteiger partial charge in [0.25, 0.3) is 0 Å². The van der Waals surface area contributed by atoms with Crippen molar-refractivity contribution in [3.05, 3.63) is 60.8 Å². The van der Waals surface area contributed by atoms with Gasteiger partial charge in [0.05, 0.1) is 32.0 Å². The van der Waals surface area contributed by atoms with Gasteiger partial charge in [-0.2, -0.15) is 0 Å². The van der Waals surface area contributed by atoms with Gasteiger partial charge in [0.15, 0.2) is 12.6 Å². The Morgan fingerprint density at radius 1 is 0.364 bits per heavy atom. The first-order chi connectivity index (χ1) is 48.6. The first-order valence-corrected chi connectivity index (χ1v) is 42.0. The zero-order valence-electron chi connectivity index (χ0n) is 63.7. The highest BCUT2D eigenvalue weighted by molar-refractivity contribution is 5.76. The van der Waals surface area contributed by atoms with E-state index < -0.39 is 86.8 Å². The van der Waals surface area contributed by atoms with Crippen LogP contribution >= 0.6 is 0 Å². The molecule has 2 aliphatic heterocycles. The van der Waals surface area contributed by atoms with Crippen LogP contribution in [-0.2, 0) is 23.7 Å². The predicted molar refractivity (Wildman–Crippen MR) is 411 cm³/mol. The van der Waals surface area contributed by atoms with Crippen LogP contribution in [0.2, 0.25) is 0 Å². The monoisotopic (exact) mass is 1400 g/mol. The summed E-state index contributed by atoms with van der Waals surface area (Å²) in [6.07, 6.45) is 77.5. The molecule has 580 valence electrons. The lowest BCUT2D eigenvalue weighted by atomic mass is 9.97. The molecule has 14 heteroatoms. The van der Waals surface area contributed by atoms with Crippen LogP contribution in [0.15, 0.2) is 60.8 Å². The van der Waals surface area contributed by atoms with E-state index in [9.17, 15) is 45.6 Å². The number of aliphatic hydroxyl groups excluding tert-OH is 8. The van der Waals surface area contributed by atoms with Crippen LogP contribution < -0.4 is 5.32 Å². The maximum absolute atomic E-state index is 13.4. The quantitative estimate of drug-likeness (QED) is 0.0204. The standard InChI is InChI=1S/C85H157NO13/c1-3-5-7-9-11-13-15-17-19-21-23-25-27-29-31-33-35-37-39-41-43-45-47-49-51-53-55-57-59-61-63-65-67-69-77(90)86-73(72-96-84-82(95)80(93)83(76(71-88)98-84)99-85-81(94)79(92)78(91)75(70-87)97-85)74(89)68-66-64-62-60-58-56-54-52-50-48-46-44-42-40-38-36-34-32-30-28-26-24-22-20-18-16-14-12-10-8-6-4-2/h15,17,21,23,50,52,58,60,66,68,73-76,78-85,87-89,91-95H,3-14,16,18-20,22,24-49,51,53-57,59,61-65,67,69-72H2,1-2H3,(H,86,90)/b17-15-,23-21-,52-50+,60-58+,68-66+. The van der Waals surface area contributed by atoms with Crippen LogP contribution in [0.25, 0.3) is 0 Å². The van der Waals surface area contributed by atoms with E-state index in [-0.39, 0.29) is 18.9 Å².